The maximum atomic E-state index is 6.59. The van der Waals surface area contributed by atoms with E-state index in [9.17, 15) is 0 Å². The van der Waals surface area contributed by atoms with Crippen molar-refractivity contribution in [3.05, 3.63) is 170 Å². The SMILES string of the molecule is c1ccc(-c2nc(-n3c4ccccc4c4cc(-c5nc(-n6c7ccccc7c7ccccc76)c6oc7ccccc7c6n5)ccc43)c3ccccc3n2)cc1. The van der Waals surface area contributed by atoms with Crippen LogP contribution in [0.4, 0.5) is 0 Å². The van der Waals surface area contributed by atoms with E-state index in [4.69, 9.17) is 24.4 Å². The van der Waals surface area contributed by atoms with Gasteiger partial charge < -0.3 is 4.42 Å². The van der Waals surface area contributed by atoms with Crippen LogP contribution in [-0.2, 0) is 0 Å². The van der Waals surface area contributed by atoms with Crippen molar-refractivity contribution in [1.29, 1.82) is 0 Å². The number of furan rings is 1. The summed E-state index contributed by atoms with van der Waals surface area (Å²) in [5, 5.41) is 6.43. The zero-order valence-electron chi connectivity index (χ0n) is 29.3. The molecule has 5 aromatic heterocycles. The summed E-state index contributed by atoms with van der Waals surface area (Å²) in [6, 6.07) is 58.4. The van der Waals surface area contributed by atoms with E-state index in [-0.39, 0.29) is 0 Å². The molecule has 0 saturated heterocycles. The minimum Gasteiger partial charge on any atom is -0.450 e. The highest BCUT2D eigenvalue weighted by atomic mass is 16.3. The first-order valence-corrected chi connectivity index (χ1v) is 18.3. The van der Waals surface area contributed by atoms with Crippen LogP contribution >= 0.6 is 0 Å². The van der Waals surface area contributed by atoms with Crippen LogP contribution in [0.15, 0.2) is 174 Å². The second-order valence-corrected chi connectivity index (χ2v) is 13.9. The second-order valence-electron chi connectivity index (χ2n) is 13.9. The van der Waals surface area contributed by atoms with Crippen molar-refractivity contribution >= 4 is 76.6 Å². The van der Waals surface area contributed by atoms with Gasteiger partial charge in [0.2, 0.25) is 0 Å². The summed E-state index contributed by atoms with van der Waals surface area (Å²) in [5.74, 6) is 2.84. The Hall–Kier alpha value is -7.64. The Morgan fingerprint density at radius 3 is 1.62 bits per heavy atom. The van der Waals surface area contributed by atoms with Gasteiger partial charge in [-0.1, -0.05) is 109 Å². The summed E-state index contributed by atoms with van der Waals surface area (Å²) >= 11 is 0. The minimum absolute atomic E-state index is 0.619. The summed E-state index contributed by atoms with van der Waals surface area (Å²) in [6.07, 6.45) is 0. The zero-order valence-corrected chi connectivity index (χ0v) is 29.3. The molecule has 0 aliphatic heterocycles. The molecule has 12 rings (SSSR count). The van der Waals surface area contributed by atoms with E-state index < -0.39 is 0 Å². The van der Waals surface area contributed by atoms with Gasteiger partial charge in [0.05, 0.1) is 27.6 Å². The van der Waals surface area contributed by atoms with Crippen molar-refractivity contribution in [1.82, 2.24) is 29.1 Å². The highest BCUT2D eigenvalue weighted by Crippen LogP contribution is 2.40. The highest BCUT2D eigenvalue weighted by Gasteiger charge is 2.23. The number of hydrogen-bond donors (Lipinski definition) is 0. The molecule has 7 nitrogen and oxygen atoms in total. The van der Waals surface area contributed by atoms with Gasteiger partial charge in [-0.15, -0.1) is 0 Å². The van der Waals surface area contributed by atoms with Crippen LogP contribution in [-0.4, -0.2) is 29.1 Å². The van der Waals surface area contributed by atoms with Gasteiger partial charge in [0, 0.05) is 43.4 Å². The lowest BCUT2D eigenvalue weighted by molar-refractivity contribution is 0.662. The van der Waals surface area contributed by atoms with Crippen LogP contribution in [0.5, 0.6) is 0 Å². The van der Waals surface area contributed by atoms with Crippen LogP contribution in [0.3, 0.4) is 0 Å². The van der Waals surface area contributed by atoms with Gasteiger partial charge in [0.1, 0.15) is 16.9 Å². The van der Waals surface area contributed by atoms with Crippen LogP contribution in [0.25, 0.3) is 111 Å². The summed E-state index contributed by atoms with van der Waals surface area (Å²) in [4.78, 5) is 20.9. The molecular weight excluding hydrogens is 677 g/mol. The third-order valence-electron chi connectivity index (χ3n) is 10.8. The van der Waals surface area contributed by atoms with Crippen molar-refractivity contribution in [3.8, 4) is 34.4 Å². The van der Waals surface area contributed by atoms with Gasteiger partial charge in [-0.3, -0.25) is 9.13 Å². The average Bonchev–Trinajstić information content (AvgIpc) is 3.91. The van der Waals surface area contributed by atoms with Crippen molar-refractivity contribution in [2.75, 3.05) is 0 Å². The first kappa shape index (κ1) is 29.9. The lowest BCUT2D eigenvalue weighted by Gasteiger charge is -2.13. The summed E-state index contributed by atoms with van der Waals surface area (Å²) in [7, 11) is 0. The Balaban J connectivity index is 1.14. The van der Waals surface area contributed by atoms with E-state index in [0.717, 1.165) is 87.9 Å². The Labute approximate surface area is 313 Å². The van der Waals surface area contributed by atoms with Gasteiger partial charge in [0.25, 0.3) is 0 Å². The molecule has 7 heteroatoms. The van der Waals surface area contributed by atoms with Crippen LogP contribution in [0, 0.1) is 0 Å². The predicted molar refractivity (Wildman–Crippen MR) is 222 cm³/mol. The largest absolute Gasteiger partial charge is 0.450 e. The lowest BCUT2D eigenvalue weighted by Crippen LogP contribution is -2.03. The lowest BCUT2D eigenvalue weighted by atomic mass is 10.1. The third-order valence-corrected chi connectivity index (χ3v) is 10.8. The number of aromatic nitrogens is 6. The van der Waals surface area contributed by atoms with Crippen molar-refractivity contribution in [2.24, 2.45) is 0 Å². The molecule has 0 spiro atoms. The fourth-order valence-electron chi connectivity index (χ4n) is 8.29. The third kappa shape index (κ3) is 4.38. The quantitative estimate of drug-likeness (QED) is 0.182. The van der Waals surface area contributed by atoms with Crippen LogP contribution in [0.2, 0.25) is 0 Å². The Morgan fingerprint density at radius 2 is 0.891 bits per heavy atom. The maximum absolute atomic E-state index is 6.59. The smallest absolute Gasteiger partial charge is 0.197 e. The standard InChI is InChI=1S/C48H28N6O/c1-2-14-29(15-3-1)45-49-37-21-9-4-19-34(37)47(51-45)53-40-24-12-7-18-33(40)36-28-30(26-27-41(36)53)46-50-43-35-20-8-13-25-42(35)55-44(43)48(52-46)54-38-22-10-5-16-31(38)32-17-6-11-23-39(32)54/h1-28H. The van der Waals surface area contributed by atoms with Gasteiger partial charge in [-0.05, 0) is 60.7 Å². The van der Waals surface area contributed by atoms with E-state index in [1.165, 1.54) is 0 Å². The molecule has 12 aromatic rings. The van der Waals surface area contributed by atoms with E-state index >= 15 is 0 Å². The fraction of sp³-hybridized carbons (Fsp3) is 0. The van der Waals surface area contributed by atoms with Crippen LogP contribution in [0.1, 0.15) is 0 Å². The molecule has 5 heterocycles. The van der Waals surface area contributed by atoms with E-state index in [1.807, 2.05) is 48.5 Å². The molecule has 0 unspecified atom stereocenters. The molecule has 0 N–H and O–H groups in total. The molecule has 0 radical (unpaired) electrons. The molecule has 0 amide bonds. The fourth-order valence-corrected chi connectivity index (χ4v) is 8.29. The Kier molecular flexibility index (Phi) is 6.21. The van der Waals surface area contributed by atoms with E-state index in [1.54, 1.807) is 0 Å². The molecule has 0 bridgehead atoms. The number of benzene rings is 7. The van der Waals surface area contributed by atoms with Crippen molar-refractivity contribution in [3.63, 3.8) is 0 Å². The highest BCUT2D eigenvalue weighted by molar-refractivity contribution is 6.13. The average molecular weight is 705 g/mol. The number of nitrogens with zero attached hydrogens (tertiary/aromatic N) is 6. The van der Waals surface area contributed by atoms with E-state index in [2.05, 4.69) is 130 Å². The molecule has 0 atom stereocenters. The molecular formula is C48H28N6O. The summed E-state index contributed by atoms with van der Waals surface area (Å²) in [5.41, 5.74) is 9.17. The van der Waals surface area contributed by atoms with Gasteiger partial charge in [-0.2, -0.15) is 0 Å². The van der Waals surface area contributed by atoms with Gasteiger partial charge >= 0.3 is 0 Å². The number of rotatable bonds is 4. The molecule has 55 heavy (non-hydrogen) atoms. The number of fused-ring (bicyclic) bond motifs is 10. The normalized spacial score (nSPS) is 12.0. The monoisotopic (exact) mass is 704 g/mol. The van der Waals surface area contributed by atoms with Gasteiger partial charge in [0.15, 0.2) is 23.0 Å². The van der Waals surface area contributed by atoms with E-state index in [0.29, 0.717) is 23.0 Å². The van der Waals surface area contributed by atoms with Crippen molar-refractivity contribution in [2.45, 2.75) is 0 Å². The summed E-state index contributed by atoms with van der Waals surface area (Å²) in [6.45, 7) is 0. The maximum Gasteiger partial charge on any atom is 0.197 e. The second kappa shape index (κ2) is 11.4. The molecule has 0 fully saturated rings. The molecule has 0 aliphatic rings. The molecule has 0 aliphatic carbocycles. The Bertz CT molecular complexity index is 3450. The number of hydrogen-bond acceptors (Lipinski definition) is 5. The first-order chi connectivity index (χ1) is 27.3. The molecule has 7 aromatic carbocycles. The summed E-state index contributed by atoms with van der Waals surface area (Å²) < 4.78 is 11.1. The Morgan fingerprint density at radius 1 is 0.364 bits per heavy atom. The minimum atomic E-state index is 0.619. The van der Waals surface area contributed by atoms with Crippen LogP contribution < -0.4 is 0 Å². The predicted octanol–water partition coefficient (Wildman–Crippen LogP) is 11.8. The topological polar surface area (TPSA) is 74.6 Å². The first-order valence-electron chi connectivity index (χ1n) is 18.3. The van der Waals surface area contributed by atoms with Crippen molar-refractivity contribution < 1.29 is 4.42 Å². The number of para-hydroxylation sites is 5. The molecule has 0 saturated carbocycles. The van der Waals surface area contributed by atoms with Gasteiger partial charge in [-0.25, -0.2) is 19.9 Å². The zero-order chi connectivity index (χ0) is 36.0. The molecule has 256 valence electrons.